The summed E-state index contributed by atoms with van der Waals surface area (Å²) in [6.07, 6.45) is 2.32. The fraction of sp³-hybridized carbons (Fsp3) is 0.611. The van der Waals surface area contributed by atoms with Gasteiger partial charge >= 0.3 is 0 Å². The van der Waals surface area contributed by atoms with Gasteiger partial charge < -0.3 is 15.5 Å². The summed E-state index contributed by atoms with van der Waals surface area (Å²) in [5, 5.41) is 6.17. The number of hydrogen-bond acceptors (Lipinski definition) is 4. The molecule has 1 atom stereocenters. The number of piperazine rings is 1. The van der Waals surface area contributed by atoms with Crippen LogP contribution >= 0.6 is 0 Å². The second-order valence-electron chi connectivity index (χ2n) is 6.76. The minimum Gasteiger partial charge on any atom is -0.367 e. The summed E-state index contributed by atoms with van der Waals surface area (Å²) >= 11 is 0. The van der Waals surface area contributed by atoms with Crippen LogP contribution in [0.5, 0.6) is 0 Å². The summed E-state index contributed by atoms with van der Waals surface area (Å²) in [5.74, 6) is -0.202. The lowest BCUT2D eigenvalue weighted by molar-refractivity contribution is -0.122. The van der Waals surface area contributed by atoms with E-state index in [-0.39, 0.29) is 11.7 Å². The van der Waals surface area contributed by atoms with Gasteiger partial charge in [-0.1, -0.05) is 6.07 Å². The van der Waals surface area contributed by atoms with Gasteiger partial charge in [0.25, 0.3) is 0 Å². The lowest BCUT2D eigenvalue weighted by Crippen LogP contribution is -2.43. The average Bonchev–Trinajstić information content (AvgIpc) is 2.99. The van der Waals surface area contributed by atoms with Crippen LogP contribution in [0.3, 0.4) is 0 Å². The van der Waals surface area contributed by atoms with Gasteiger partial charge in [-0.05, 0) is 44.0 Å². The number of nitrogens with one attached hydrogen (secondary N) is 2. The number of halogens is 1. The van der Waals surface area contributed by atoms with Gasteiger partial charge in [-0.2, -0.15) is 0 Å². The Labute approximate surface area is 143 Å². The van der Waals surface area contributed by atoms with Crippen LogP contribution in [0.25, 0.3) is 0 Å². The van der Waals surface area contributed by atoms with Crippen LogP contribution < -0.4 is 15.5 Å². The Balaban J connectivity index is 1.52. The Morgan fingerprint density at radius 1 is 1.33 bits per heavy atom. The fourth-order valence-electron chi connectivity index (χ4n) is 3.49. The number of anilines is 1. The molecule has 132 valence electrons. The SMILES string of the molecule is C[C@H]1CCCN1CC(=O)NCc1ccc(N2CCNCC2)c(F)c1. The van der Waals surface area contributed by atoms with Crippen molar-refractivity contribution in [3.05, 3.63) is 29.6 Å². The molecule has 2 heterocycles. The highest BCUT2D eigenvalue weighted by molar-refractivity contribution is 5.78. The molecule has 0 aliphatic carbocycles. The number of nitrogens with zero attached hydrogens (tertiary/aromatic N) is 2. The van der Waals surface area contributed by atoms with E-state index >= 15 is 0 Å². The fourth-order valence-corrected chi connectivity index (χ4v) is 3.49. The maximum atomic E-state index is 14.4. The molecule has 0 bridgehead atoms. The molecule has 2 fully saturated rings. The van der Waals surface area contributed by atoms with E-state index in [4.69, 9.17) is 0 Å². The van der Waals surface area contributed by atoms with Crippen molar-refractivity contribution in [2.45, 2.75) is 32.4 Å². The minimum atomic E-state index is -0.211. The van der Waals surface area contributed by atoms with Gasteiger partial charge in [-0.15, -0.1) is 0 Å². The van der Waals surface area contributed by atoms with Gasteiger partial charge in [0.15, 0.2) is 0 Å². The largest absolute Gasteiger partial charge is 0.367 e. The maximum Gasteiger partial charge on any atom is 0.234 e. The second kappa shape index (κ2) is 7.94. The molecule has 6 heteroatoms. The van der Waals surface area contributed by atoms with Gasteiger partial charge in [0.1, 0.15) is 5.82 Å². The maximum absolute atomic E-state index is 14.4. The van der Waals surface area contributed by atoms with Gasteiger partial charge in [-0.3, -0.25) is 9.69 Å². The van der Waals surface area contributed by atoms with Crippen LogP contribution in [0, 0.1) is 5.82 Å². The van der Waals surface area contributed by atoms with E-state index in [0.717, 1.165) is 51.1 Å². The highest BCUT2D eigenvalue weighted by Crippen LogP contribution is 2.21. The summed E-state index contributed by atoms with van der Waals surface area (Å²) in [4.78, 5) is 16.3. The molecule has 0 spiro atoms. The van der Waals surface area contributed by atoms with Gasteiger partial charge in [0.05, 0.1) is 12.2 Å². The molecule has 1 amide bonds. The van der Waals surface area contributed by atoms with Crippen molar-refractivity contribution in [1.82, 2.24) is 15.5 Å². The predicted molar refractivity (Wildman–Crippen MR) is 93.6 cm³/mol. The Hall–Kier alpha value is -1.66. The number of amides is 1. The standard InChI is InChI=1S/C18H27FN4O/c1-14-3-2-8-23(14)13-18(24)21-12-15-4-5-17(16(19)11-15)22-9-6-20-7-10-22/h4-5,11,14,20H,2-3,6-10,12-13H2,1H3,(H,21,24)/t14-/m0/s1. The van der Waals surface area contributed by atoms with E-state index in [1.807, 2.05) is 12.1 Å². The first-order valence-electron chi connectivity index (χ1n) is 8.88. The normalized spacial score (nSPS) is 21.9. The number of rotatable bonds is 5. The zero-order chi connectivity index (χ0) is 16.9. The second-order valence-corrected chi connectivity index (χ2v) is 6.76. The van der Waals surface area contributed by atoms with Crippen LogP contribution in [-0.4, -0.2) is 56.1 Å². The monoisotopic (exact) mass is 334 g/mol. The minimum absolute atomic E-state index is 0.00957. The van der Waals surface area contributed by atoms with Gasteiger partial charge in [-0.25, -0.2) is 4.39 Å². The number of carbonyl (C=O) groups is 1. The molecule has 5 nitrogen and oxygen atoms in total. The predicted octanol–water partition coefficient (Wildman–Crippen LogP) is 1.34. The van der Waals surface area contributed by atoms with Crippen LogP contribution in [0.1, 0.15) is 25.3 Å². The average molecular weight is 334 g/mol. The summed E-state index contributed by atoms with van der Waals surface area (Å²) in [6, 6.07) is 5.74. The van der Waals surface area contributed by atoms with E-state index < -0.39 is 0 Å². The van der Waals surface area contributed by atoms with Crippen LogP contribution in [0.2, 0.25) is 0 Å². The van der Waals surface area contributed by atoms with Crippen molar-refractivity contribution in [3.63, 3.8) is 0 Å². The molecule has 0 aromatic heterocycles. The molecule has 2 aliphatic rings. The van der Waals surface area contributed by atoms with Gasteiger partial charge in [0, 0.05) is 38.8 Å². The van der Waals surface area contributed by atoms with E-state index in [9.17, 15) is 9.18 Å². The van der Waals surface area contributed by atoms with E-state index in [1.54, 1.807) is 0 Å². The van der Waals surface area contributed by atoms with Crippen molar-refractivity contribution in [2.24, 2.45) is 0 Å². The molecule has 1 aromatic carbocycles. The third-order valence-electron chi connectivity index (χ3n) is 5.00. The van der Waals surface area contributed by atoms with Crippen molar-refractivity contribution in [2.75, 3.05) is 44.2 Å². The summed E-state index contributed by atoms with van der Waals surface area (Å²) in [6.45, 7) is 7.36. The first-order chi connectivity index (χ1) is 11.6. The Bertz CT molecular complexity index is 574. The smallest absolute Gasteiger partial charge is 0.234 e. The van der Waals surface area contributed by atoms with E-state index in [1.165, 1.54) is 6.07 Å². The zero-order valence-electron chi connectivity index (χ0n) is 14.4. The zero-order valence-corrected chi connectivity index (χ0v) is 14.4. The number of likely N-dealkylation sites (tertiary alicyclic amines) is 1. The molecule has 0 saturated carbocycles. The molecular formula is C18H27FN4O. The van der Waals surface area contributed by atoms with Crippen molar-refractivity contribution < 1.29 is 9.18 Å². The van der Waals surface area contributed by atoms with E-state index in [0.29, 0.717) is 24.8 Å². The number of benzene rings is 1. The molecule has 1 aromatic rings. The van der Waals surface area contributed by atoms with Crippen molar-refractivity contribution >= 4 is 11.6 Å². The van der Waals surface area contributed by atoms with Crippen LogP contribution in [-0.2, 0) is 11.3 Å². The number of hydrogen-bond donors (Lipinski definition) is 2. The van der Waals surface area contributed by atoms with Crippen molar-refractivity contribution in [1.29, 1.82) is 0 Å². The first-order valence-corrected chi connectivity index (χ1v) is 8.88. The third-order valence-corrected chi connectivity index (χ3v) is 5.00. The third kappa shape index (κ3) is 4.24. The molecule has 2 aliphatic heterocycles. The lowest BCUT2D eigenvalue weighted by atomic mass is 10.1. The highest BCUT2D eigenvalue weighted by Gasteiger charge is 2.22. The summed E-state index contributed by atoms with van der Waals surface area (Å²) in [7, 11) is 0. The summed E-state index contributed by atoms with van der Waals surface area (Å²) < 4.78 is 14.4. The van der Waals surface area contributed by atoms with Crippen LogP contribution in [0.15, 0.2) is 18.2 Å². The van der Waals surface area contributed by atoms with Crippen molar-refractivity contribution in [3.8, 4) is 0 Å². The molecular weight excluding hydrogens is 307 g/mol. The summed E-state index contributed by atoms with van der Waals surface area (Å²) in [5.41, 5.74) is 1.45. The quantitative estimate of drug-likeness (QED) is 0.853. The van der Waals surface area contributed by atoms with Crippen LogP contribution in [0.4, 0.5) is 10.1 Å². The Morgan fingerprint density at radius 2 is 2.12 bits per heavy atom. The molecule has 2 N–H and O–H groups in total. The number of carbonyl (C=O) groups excluding carboxylic acids is 1. The Morgan fingerprint density at radius 3 is 2.79 bits per heavy atom. The highest BCUT2D eigenvalue weighted by atomic mass is 19.1. The first kappa shape index (κ1) is 17.2. The molecule has 3 rings (SSSR count). The topological polar surface area (TPSA) is 47.6 Å². The Kier molecular flexibility index (Phi) is 5.68. The molecule has 0 radical (unpaired) electrons. The van der Waals surface area contributed by atoms with E-state index in [2.05, 4.69) is 27.4 Å². The lowest BCUT2D eigenvalue weighted by Gasteiger charge is -2.29. The van der Waals surface area contributed by atoms with Gasteiger partial charge in [0.2, 0.25) is 5.91 Å². The molecule has 24 heavy (non-hydrogen) atoms. The molecule has 2 saturated heterocycles. The molecule has 0 unspecified atom stereocenters.